The standard InChI is InChI=1S/C13H14F3NO2/c1-9(18)17-5-3-2-4-10-6-11(13(14,15)16)8-12(19)7-10/h2,4,6-8,19H,3,5H2,1H3,(H,17,18). The van der Waals surface area contributed by atoms with E-state index < -0.39 is 17.5 Å². The maximum atomic E-state index is 12.5. The molecule has 0 atom stereocenters. The molecule has 0 saturated heterocycles. The van der Waals surface area contributed by atoms with Gasteiger partial charge in [0, 0.05) is 13.5 Å². The average molecular weight is 273 g/mol. The molecule has 0 unspecified atom stereocenters. The third-order valence-electron chi connectivity index (χ3n) is 2.26. The first-order valence-corrected chi connectivity index (χ1v) is 5.61. The van der Waals surface area contributed by atoms with Gasteiger partial charge in [-0.3, -0.25) is 4.79 Å². The SMILES string of the molecule is CC(=O)NCCC=Cc1cc(O)cc(C(F)(F)F)c1. The zero-order chi connectivity index (χ0) is 14.5. The van der Waals surface area contributed by atoms with Gasteiger partial charge in [-0.2, -0.15) is 13.2 Å². The van der Waals surface area contributed by atoms with Crippen molar-refractivity contribution in [1.82, 2.24) is 5.32 Å². The lowest BCUT2D eigenvalue weighted by Crippen LogP contribution is -2.20. The summed E-state index contributed by atoms with van der Waals surface area (Å²) in [6.45, 7) is 1.80. The molecule has 1 amide bonds. The quantitative estimate of drug-likeness (QED) is 0.829. The van der Waals surface area contributed by atoms with Crippen molar-refractivity contribution in [2.75, 3.05) is 6.54 Å². The Balaban J connectivity index is 2.71. The molecule has 0 aromatic heterocycles. The van der Waals surface area contributed by atoms with Crippen LogP contribution in [0.5, 0.6) is 5.75 Å². The first-order chi connectivity index (χ1) is 8.79. The number of phenolic OH excluding ortho intramolecular Hbond substituents is 1. The largest absolute Gasteiger partial charge is 0.508 e. The van der Waals surface area contributed by atoms with Gasteiger partial charge < -0.3 is 10.4 Å². The van der Waals surface area contributed by atoms with Crippen LogP contribution < -0.4 is 5.32 Å². The summed E-state index contributed by atoms with van der Waals surface area (Å²) in [5.41, 5.74) is -0.635. The monoisotopic (exact) mass is 273 g/mol. The molecule has 104 valence electrons. The fraction of sp³-hybridized carbons (Fsp3) is 0.308. The van der Waals surface area contributed by atoms with Crippen LogP contribution in [0.1, 0.15) is 24.5 Å². The van der Waals surface area contributed by atoms with E-state index in [0.717, 1.165) is 6.07 Å². The fourth-order valence-corrected chi connectivity index (χ4v) is 1.45. The first-order valence-electron chi connectivity index (χ1n) is 5.61. The lowest BCUT2D eigenvalue weighted by molar-refractivity contribution is -0.137. The number of hydrogen-bond acceptors (Lipinski definition) is 2. The van der Waals surface area contributed by atoms with Crippen LogP contribution in [0.15, 0.2) is 24.3 Å². The summed E-state index contributed by atoms with van der Waals surface area (Å²) in [5.74, 6) is -0.596. The maximum Gasteiger partial charge on any atom is 0.416 e. The minimum Gasteiger partial charge on any atom is -0.508 e. The highest BCUT2D eigenvalue weighted by Gasteiger charge is 2.31. The third kappa shape index (κ3) is 5.46. The molecule has 0 heterocycles. The molecule has 0 fully saturated rings. The number of halogens is 3. The van der Waals surface area contributed by atoms with Crippen LogP contribution in [0.3, 0.4) is 0 Å². The number of amides is 1. The summed E-state index contributed by atoms with van der Waals surface area (Å²) in [6, 6.07) is 2.87. The number of rotatable bonds is 4. The minimum atomic E-state index is -4.49. The van der Waals surface area contributed by atoms with Gasteiger partial charge in [-0.15, -0.1) is 0 Å². The van der Waals surface area contributed by atoms with Crippen molar-refractivity contribution in [3.8, 4) is 5.75 Å². The smallest absolute Gasteiger partial charge is 0.416 e. The van der Waals surface area contributed by atoms with Crippen LogP contribution in [0.2, 0.25) is 0 Å². The van der Waals surface area contributed by atoms with Crippen molar-refractivity contribution in [2.24, 2.45) is 0 Å². The van der Waals surface area contributed by atoms with E-state index >= 15 is 0 Å². The molecule has 0 aliphatic heterocycles. The minimum absolute atomic E-state index is 0.162. The summed E-state index contributed by atoms with van der Waals surface area (Å²) >= 11 is 0. The molecule has 3 nitrogen and oxygen atoms in total. The Morgan fingerprint density at radius 1 is 1.37 bits per heavy atom. The molecule has 0 aliphatic carbocycles. The number of carbonyl (C=O) groups is 1. The Morgan fingerprint density at radius 3 is 2.63 bits per heavy atom. The van der Waals surface area contributed by atoms with Gasteiger partial charge in [0.1, 0.15) is 5.75 Å². The zero-order valence-electron chi connectivity index (χ0n) is 10.3. The Labute approximate surface area is 108 Å². The highest BCUT2D eigenvalue weighted by molar-refractivity contribution is 5.72. The first kappa shape index (κ1) is 15.1. The summed E-state index contributed by atoms with van der Waals surface area (Å²) < 4.78 is 37.5. The van der Waals surface area contributed by atoms with E-state index in [1.807, 2.05) is 0 Å². The molecule has 0 bridgehead atoms. The molecular formula is C13H14F3NO2. The number of nitrogens with one attached hydrogen (secondary N) is 1. The van der Waals surface area contributed by atoms with Gasteiger partial charge >= 0.3 is 6.18 Å². The third-order valence-corrected chi connectivity index (χ3v) is 2.26. The average Bonchev–Trinajstić information content (AvgIpc) is 2.26. The van der Waals surface area contributed by atoms with Crippen LogP contribution >= 0.6 is 0 Å². The Bertz CT molecular complexity index is 481. The van der Waals surface area contributed by atoms with E-state index in [4.69, 9.17) is 0 Å². The molecule has 6 heteroatoms. The molecule has 2 N–H and O–H groups in total. The molecule has 19 heavy (non-hydrogen) atoms. The second-order valence-corrected chi connectivity index (χ2v) is 3.98. The van der Waals surface area contributed by atoms with E-state index in [0.29, 0.717) is 19.0 Å². The summed E-state index contributed by atoms with van der Waals surface area (Å²) in [6.07, 6.45) is -0.893. The number of benzene rings is 1. The van der Waals surface area contributed by atoms with Gasteiger partial charge in [0.05, 0.1) is 5.56 Å². The molecule has 0 saturated carbocycles. The van der Waals surface area contributed by atoms with Gasteiger partial charge in [0.2, 0.25) is 5.91 Å². The predicted octanol–water partition coefficient (Wildman–Crippen LogP) is 2.95. The van der Waals surface area contributed by atoms with Crippen LogP contribution in [0.25, 0.3) is 6.08 Å². The van der Waals surface area contributed by atoms with Gasteiger partial charge in [-0.1, -0.05) is 12.2 Å². The number of carbonyl (C=O) groups excluding carboxylic acids is 1. The van der Waals surface area contributed by atoms with Crippen molar-refractivity contribution in [2.45, 2.75) is 19.5 Å². The lowest BCUT2D eigenvalue weighted by Gasteiger charge is -2.08. The van der Waals surface area contributed by atoms with Gasteiger partial charge in [-0.05, 0) is 30.2 Å². The molecular weight excluding hydrogens is 259 g/mol. The Morgan fingerprint density at radius 2 is 2.05 bits per heavy atom. The summed E-state index contributed by atoms with van der Waals surface area (Å²) in [4.78, 5) is 10.6. The van der Waals surface area contributed by atoms with E-state index in [-0.39, 0.29) is 11.5 Å². The Hall–Kier alpha value is -1.98. The highest BCUT2D eigenvalue weighted by atomic mass is 19.4. The normalized spacial score (nSPS) is 11.8. The zero-order valence-corrected chi connectivity index (χ0v) is 10.3. The van der Waals surface area contributed by atoms with Crippen LogP contribution in [0, 0.1) is 0 Å². The predicted molar refractivity (Wildman–Crippen MR) is 65.4 cm³/mol. The molecule has 0 aliphatic rings. The lowest BCUT2D eigenvalue weighted by atomic mass is 10.1. The topological polar surface area (TPSA) is 49.3 Å². The van der Waals surface area contributed by atoms with Gasteiger partial charge in [-0.25, -0.2) is 0 Å². The molecule has 1 aromatic carbocycles. The number of phenols is 1. The Kier molecular flexibility index (Phi) is 4.97. The van der Waals surface area contributed by atoms with Crippen LogP contribution in [-0.4, -0.2) is 17.6 Å². The van der Waals surface area contributed by atoms with E-state index in [9.17, 15) is 23.1 Å². The summed E-state index contributed by atoms with van der Waals surface area (Å²) in [7, 11) is 0. The van der Waals surface area contributed by atoms with Crippen molar-refractivity contribution < 1.29 is 23.1 Å². The van der Waals surface area contributed by atoms with E-state index in [1.165, 1.54) is 19.1 Å². The molecule has 1 aromatic rings. The van der Waals surface area contributed by atoms with Gasteiger partial charge in [0.15, 0.2) is 0 Å². The van der Waals surface area contributed by atoms with E-state index in [2.05, 4.69) is 5.32 Å². The molecule has 0 radical (unpaired) electrons. The second kappa shape index (κ2) is 6.26. The number of alkyl halides is 3. The van der Waals surface area contributed by atoms with Crippen LogP contribution in [-0.2, 0) is 11.0 Å². The molecule has 0 spiro atoms. The van der Waals surface area contributed by atoms with Crippen molar-refractivity contribution >= 4 is 12.0 Å². The van der Waals surface area contributed by atoms with Crippen molar-refractivity contribution in [3.05, 3.63) is 35.4 Å². The van der Waals surface area contributed by atoms with Crippen molar-refractivity contribution in [1.29, 1.82) is 0 Å². The maximum absolute atomic E-state index is 12.5. The van der Waals surface area contributed by atoms with Crippen LogP contribution in [0.4, 0.5) is 13.2 Å². The second-order valence-electron chi connectivity index (χ2n) is 3.98. The summed E-state index contributed by atoms with van der Waals surface area (Å²) in [5, 5.41) is 11.8. The van der Waals surface area contributed by atoms with E-state index in [1.54, 1.807) is 6.08 Å². The fourth-order valence-electron chi connectivity index (χ4n) is 1.45. The van der Waals surface area contributed by atoms with Crippen molar-refractivity contribution in [3.63, 3.8) is 0 Å². The van der Waals surface area contributed by atoms with Gasteiger partial charge in [0.25, 0.3) is 0 Å². The number of aromatic hydroxyl groups is 1. The number of hydrogen-bond donors (Lipinski definition) is 2. The molecule has 1 rings (SSSR count). The highest BCUT2D eigenvalue weighted by Crippen LogP contribution is 2.32.